The molecule has 0 aromatic heterocycles. The quantitative estimate of drug-likeness (QED) is 0.463. The van der Waals surface area contributed by atoms with Gasteiger partial charge in [0.1, 0.15) is 0 Å². The molecule has 1 heterocycles. The van der Waals surface area contributed by atoms with Crippen molar-refractivity contribution in [2.75, 3.05) is 39.0 Å². The normalized spacial score (nSPS) is 20.6. The summed E-state index contributed by atoms with van der Waals surface area (Å²) in [6.07, 6.45) is 2.67. The Hall–Kier alpha value is -1.19. The minimum atomic E-state index is -3.23. The second-order valence-corrected chi connectivity index (χ2v) is 6.83. The second kappa shape index (κ2) is 7.55. The molecule has 1 fully saturated rings. The summed E-state index contributed by atoms with van der Waals surface area (Å²) in [5.74, 6) is -0.695. The van der Waals surface area contributed by atoms with Gasteiger partial charge in [-0.1, -0.05) is 0 Å². The Kier molecular flexibility index (Phi) is 6.37. The summed E-state index contributed by atoms with van der Waals surface area (Å²) in [5.41, 5.74) is 5.14. The van der Waals surface area contributed by atoms with Crippen LogP contribution < -0.4 is 15.8 Å². The van der Waals surface area contributed by atoms with Gasteiger partial charge in [-0.2, -0.15) is 0 Å². The maximum absolute atomic E-state index is 11.9. The van der Waals surface area contributed by atoms with E-state index in [2.05, 4.69) is 10.0 Å². The molecular formula is C11H22N4O4S. The van der Waals surface area contributed by atoms with Gasteiger partial charge in [-0.05, 0) is 19.4 Å². The van der Waals surface area contributed by atoms with Crippen LogP contribution in [0.15, 0.2) is 0 Å². The molecule has 1 aliphatic heterocycles. The van der Waals surface area contributed by atoms with E-state index in [1.807, 2.05) is 4.90 Å². The van der Waals surface area contributed by atoms with Crippen LogP contribution in [-0.2, 0) is 19.6 Å². The molecule has 0 aromatic rings. The molecule has 4 N–H and O–H groups in total. The van der Waals surface area contributed by atoms with Gasteiger partial charge in [0.2, 0.25) is 21.8 Å². The standard InChI is InChI=1S/C11H22N4O4S/c1-20(18,19)14-5-4-13-11(17)9-3-2-6-15(7-9)8-10(12)16/h9,14H,2-8H2,1H3,(H2,12,16)(H,13,17)/t9-/m1/s1. The van der Waals surface area contributed by atoms with Gasteiger partial charge in [-0.3, -0.25) is 14.5 Å². The highest BCUT2D eigenvalue weighted by atomic mass is 32.2. The first kappa shape index (κ1) is 16.9. The highest BCUT2D eigenvalue weighted by Gasteiger charge is 2.26. The molecule has 1 atom stereocenters. The number of nitrogens with one attached hydrogen (secondary N) is 2. The molecule has 8 nitrogen and oxygen atoms in total. The molecule has 0 unspecified atom stereocenters. The third-order valence-electron chi connectivity index (χ3n) is 3.04. The van der Waals surface area contributed by atoms with Gasteiger partial charge in [0.05, 0.1) is 18.7 Å². The third-order valence-corrected chi connectivity index (χ3v) is 3.77. The van der Waals surface area contributed by atoms with E-state index in [0.29, 0.717) is 6.54 Å². The molecule has 1 aliphatic rings. The number of sulfonamides is 1. The lowest BCUT2D eigenvalue weighted by molar-refractivity contribution is -0.128. The Morgan fingerprint density at radius 3 is 2.65 bits per heavy atom. The van der Waals surface area contributed by atoms with Gasteiger partial charge in [-0.25, -0.2) is 13.1 Å². The Bertz CT molecular complexity index is 451. The number of piperidine rings is 1. The van der Waals surface area contributed by atoms with Crippen molar-refractivity contribution in [3.63, 3.8) is 0 Å². The van der Waals surface area contributed by atoms with E-state index in [1.165, 1.54) is 0 Å². The number of carbonyl (C=O) groups excluding carboxylic acids is 2. The zero-order valence-corrected chi connectivity index (χ0v) is 12.4. The fourth-order valence-corrected chi connectivity index (χ4v) is 2.67. The summed E-state index contributed by atoms with van der Waals surface area (Å²) in [6, 6.07) is 0. The average molecular weight is 306 g/mol. The third kappa shape index (κ3) is 6.83. The highest BCUT2D eigenvalue weighted by molar-refractivity contribution is 7.88. The SMILES string of the molecule is CS(=O)(=O)NCCNC(=O)[C@@H]1CCCN(CC(N)=O)C1. The lowest BCUT2D eigenvalue weighted by Crippen LogP contribution is -2.46. The molecule has 2 amide bonds. The zero-order valence-electron chi connectivity index (χ0n) is 11.6. The molecule has 0 aromatic carbocycles. The number of nitrogens with zero attached hydrogens (tertiary/aromatic N) is 1. The van der Waals surface area contributed by atoms with Gasteiger partial charge >= 0.3 is 0 Å². The summed E-state index contributed by atoms with van der Waals surface area (Å²) in [7, 11) is -3.23. The largest absolute Gasteiger partial charge is 0.369 e. The lowest BCUT2D eigenvalue weighted by atomic mass is 9.97. The van der Waals surface area contributed by atoms with Crippen molar-refractivity contribution in [3.8, 4) is 0 Å². The molecule has 20 heavy (non-hydrogen) atoms. The number of primary amides is 1. The number of hydrogen-bond donors (Lipinski definition) is 3. The number of likely N-dealkylation sites (tertiary alicyclic amines) is 1. The number of carbonyl (C=O) groups is 2. The maximum Gasteiger partial charge on any atom is 0.231 e. The van der Waals surface area contributed by atoms with Gasteiger partial charge in [0, 0.05) is 19.6 Å². The number of amides is 2. The molecule has 0 bridgehead atoms. The van der Waals surface area contributed by atoms with Crippen molar-refractivity contribution >= 4 is 21.8 Å². The first-order chi connectivity index (χ1) is 9.28. The van der Waals surface area contributed by atoms with Gasteiger partial charge in [0.15, 0.2) is 0 Å². The number of hydrogen-bond acceptors (Lipinski definition) is 5. The van der Waals surface area contributed by atoms with E-state index < -0.39 is 15.9 Å². The van der Waals surface area contributed by atoms with E-state index in [1.54, 1.807) is 0 Å². The van der Waals surface area contributed by atoms with E-state index in [9.17, 15) is 18.0 Å². The monoisotopic (exact) mass is 306 g/mol. The van der Waals surface area contributed by atoms with Crippen molar-refractivity contribution in [3.05, 3.63) is 0 Å². The predicted molar refractivity (Wildman–Crippen MR) is 74.2 cm³/mol. The minimum absolute atomic E-state index is 0.116. The van der Waals surface area contributed by atoms with E-state index in [0.717, 1.165) is 25.6 Å². The van der Waals surface area contributed by atoms with Crippen LogP contribution in [0.5, 0.6) is 0 Å². The smallest absolute Gasteiger partial charge is 0.231 e. The lowest BCUT2D eigenvalue weighted by Gasteiger charge is -2.30. The van der Waals surface area contributed by atoms with Crippen LogP contribution in [0.2, 0.25) is 0 Å². The Morgan fingerprint density at radius 2 is 2.05 bits per heavy atom. The Labute approximate surface area is 119 Å². The molecular weight excluding hydrogens is 284 g/mol. The minimum Gasteiger partial charge on any atom is -0.369 e. The van der Waals surface area contributed by atoms with E-state index in [4.69, 9.17) is 5.73 Å². The number of nitrogens with two attached hydrogens (primary N) is 1. The summed E-state index contributed by atoms with van der Waals surface area (Å²) in [4.78, 5) is 24.7. The topological polar surface area (TPSA) is 122 Å². The molecule has 0 saturated carbocycles. The molecule has 0 aliphatic carbocycles. The summed E-state index contributed by atoms with van der Waals surface area (Å²) in [5, 5.41) is 2.69. The van der Waals surface area contributed by atoms with Crippen LogP contribution in [0.4, 0.5) is 0 Å². The summed E-state index contributed by atoms with van der Waals surface area (Å²) < 4.78 is 24.0. The van der Waals surface area contributed by atoms with Crippen molar-refractivity contribution in [2.24, 2.45) is 11.7 Å². The van der Waals surface area contributed by atoms with Crippen molar-refractivity contribution < 1.29 is 18.0 Å². The van der Waals surface area contributed by atoms with Crippen molar-refractivity contribution in [2.45, 2.75) is 12.8 Å². The number of rotatable bonds is 7. The maximum atomic E-state index is 11.9. The molecule has 1 rings (SSSR count). The van der Waals surface area contributed by atoms with Crippen LogP contribution in [0.1, 0.15) is 12.8 Å². The summed E-state index contributed by atoms with van der Waals surface area (Å²) >= 11 is 0. The van der Waals surface area contributed by atoms with Gasteiger partial charge in [0.25, 0.3) is 0 Å². The van der Waals surface area contributed by atoms with Crippen molar-refractivity contribution in [1.29, 1.82) is 0 Å². The molecule has 0 radical (unpaired) electrons. The second-order valence-electron chi connectivity index (χ2n) is 5.00. The van der Waals surface area contributed by atoms with Gasteiger partial charge in [-0.15, -0.1) is 0 Å². The van der Waals surface area contributed by atoms with Crippen LogP contribution >= 0.6 is 0 Å². The van der Waals surface area contributed by atoms with E-state index >= 15 is 0 Å². The predicted octanol–water partition coefficient (Wildman–Crippen LogP) is -2.15. The fourth-order valence-electron chi connectivity index (χ4n) is 2.20. The van der Waals surface area contributed by atoms with Crippen molar-refractivity contribution in [1.82, 2.24) is 14.9 Å². The molecule has 0 spiro atoms. The first-order valence-corrected chi connectivity index (χ1v) is 8.40. The van der Waals surface area contributed by atoms with Crippen LogP contribution in [0.3, 0.4) is 0 Å². The molecule has 9 heteroatoms. The van der Waals surface area contributed by atoms with Crippen LogP contribution in [0.25, 0.3) is 0 Å². The highest BCUT2D eigenvalue weighted by Crippen LogP contribution is 2.16. The Morgan fingerprint density at radius 1 is 1.35 bits per heavy atom. The van der Waals surface area contributed by atoms with E-state index in [-0.39, 0.29) is 31.5 Å². The zero-order chi connectivity index (χ0) is 15.2. The van der Waals surface area contributed by atoms with Crippen LogP contribution in [0, 0.1) is 5.92 Å². The Balaban J connectivity index is 2.30. The van der Waals surface area contributed by atoms with Crippen LogP contribution in [-0.4, -0.2) is 64.1 Å². The summed E-state index contributed by atoms with van der Waals surface area (Å²) in [6.45, 7) is 1.86. The molecule has 1 saturated heterocycles. The average Bonchev–Trinajstić information content (AvgIpc) is 2.32. The van der Waals surface area contributed by atoms with Gasteiger partial charge < -0.3 is 11.1 Å². The fraction of sp³-hybridized carbons (Fsp3) is 0.818. The first-order valence-electron chi connectivity index (χ1n) is 6.51. The molecule has 116 valence electrons.